The molecule has 0 fully saturated rings. The molecule has 122 valence electrons. The number of hydrogen-bond donors (Lipinski definition) is 2. The molecule has 0 saturated heterocycles. The van der Waals surface area contributed by atoms with Crippen molar-refractivity contribution >= 4 is 23.0 Å². The summed E-state index contributed by atoms with van der Waals surface area (Å²) in [6.45, 7) is 6.43. The number of nitrogens with one attached hydrogen (secondary N) is 2. The number of rotatable bonds is 4. The molecule has 5 nitrogen and oxygen atoms in total. The highest BCUT2D eigenvalue weighted by molar-refractivity contribution is 7.11. The highest BCUT2D eigenvalue weighted by Crippen LogP contribution is 2.26. The number of ketones is 1. The molecule has 0 saturated carbocycles. The van der Waals surface area contributed by atoms with Crippen LogP contribution in [0.3, 0.4) is 0 Å². The monoisotopic (exact) mass is 331 g/mol. The maximum absolute atomic E-state index is 12.5. The molecular formula is C17H21N3O2S. The second-order valence-electron chi connectivity index (χ2n) is 6.01. The zero-order chi connectivity index (χ0) is 16.6. The number of Topliss-reactive ketones (excluding diaryl/α,β-unsaturated/α-hetero) is 1. The maximum atomic E-state index is 12.5. The molecule has 2 N–H and O–H groups in total. The van der Waals surface area contributed by atoms with E-state index in [1.807, 2.05) is 13.8 Å². The second-order valence-corrected chi connectivity index (χ2v) is 7.30. The van der Waals surface area contributed by atoms with Crippen molar-refractivity contribution < 1.29 is 9.59 Å². The first-order chi connectivity index (χ1) is 11.0. The minimum atomic E-state index is -0.166. The number of aryl methyl sites for hydroxylation is 4. The Morgan fingerprint density at radius 2 is 2.09 bits per heavy atom. The summed E-state index contributed by atoms with van der Waals surface area (Å²) >= 11 is 1.67. The molecule has 0 aromatic carbocycles. The number of aromatic nitrogens is 2. The van der Waals surface area contributed by atoms with Gasteiger partial charge in [-0.25, -0.2) is 4.98 Å². The highest BCUT2D eigenvalue weighted by atomic mass is 32.1. The first-order valence-corrected chi connectivity index (χ1v) is 8.74. The van der Waals surface area contributed by atoms with Crippen LogP contribution in [0, 0.1) is 20.8 Å². The molecule has 6 heteroatoms. The summed E-state index contributed by atoms with van der Waals surface area (Å²) in [5.41, 5.74) is 3.87. The lowest BCUT2D eigenvalue weighted by atomic mass is 9.93. The zero-order valence-electron chi connectivity index (χ0n) is 13.7. The number of amides is 1. The number of nitrogens with zero attached hydrogens (tertiary/aromatic N) is 1. The molecule has 0 spiro atoms. The van der Waals surface area contributed by atoms with Crippen molar-refractivity contribution in [3.05, 3.63) is 38.1 Å². The van der Waals surface area contributed by atoms with Crippen LogP contribution in [0.25, 0.3) is 0 Å². The summed E-state index contributed by atoms with van der Waals surface area (Å²) in [5, 5.41) is 3.96. The first kappa shape index (κ1) is 15.9. The van der Waals surface area contributed by atoms with Crippen LogP contribution in [-0.2, 0) is 12.8 Å². The average Bonchev–Trinajstić information content (AvgIpc) is 2.99. The van der Waals surface area contributed by atoms with Gasteiger partial charge in [0.25, 0.3) is 5.91 Å². The molecule has 2 heterocycles. The quantitative estimate of drug-likeness (QED) is 0.904. The molecule has 1 aliphatic rings. The zero-order valence-corrected chi connectivity index (χ0v) is 14.5. The molecule has 0 radical (unpaired) electrons. The molecular weight excluding hydrogens is 310 g/mol. The van der Waals surface area contributed by atoms with Crippen molar-refractivity contribution in [2.24, 2.45) is 0 Å². The lowest BCUT2D eigenvalue weighted by molar-refractivity contribution is 0.0928. The molecule has 0 atom stereocenters. The molecule has 0 bridgehead atoms. The standard InChI is InChI=1S/C17H21N3O2S/c1-9-11(3)23-14(20-9)7-8-18-17(22)15-10(2)19-12-5-4-6-13(21)16(12)15/h19H,4-8H2,1-3H3,(H,18,22). The SMILES string of the molecule is Cc1nc(CCNC(=O)c2c(C)[nH]c3c2C(=O)CCC3)sc1C. The highest BCUT2D eigenvalue weighted by Gasteiger charge is 2.28. The van der Waals surface area contributed by atoms with E-state index in [9.17, 15) is 9.59 Å². The van der Waals surface area contributed by atoms with E-state index in [0.717, 1.165) is 34.9 Å². The summed E-state index contributed by atoms with van der Waals surface area (Å²) in [6, 6.07) is 0. The van der Waals surface area contributed by atoms with E-state index in [2.05, 4.69) is 22.2 Å². The number of carbonyl (C=O) groups is 2. The van der Waals surface area contributed by atoms with Crippen LogP contribution in [0.5, 0.6) is 0 Å². The van der Waals surface area contributed by atoms with Gasteiger partial charge in [0.2, 0.25) is 0 Å². The van der Waals surface area contributed by atoms with E-state index in [-0.39, 0.29) is 11.7 Å². The topological polar surface area (TPSA) is 74.8 Å². The van der Waals surface area contributed by atoms with Gasteiger partial charge in [0.15, 0.2) is 5.78 Å². The predicted molar refractivity (Wildman–Crippen MR) is 90.4 cm³/mol. The molecule has 2 aromatic heterocycles. The Morgan fingerprint density at radius 3 is 2.78 bits per heavy atom. The molecule has 23 heavy (non-hydrogen) atoms. The molecule has 2 aromatic rings. The molecule has 0 aliphatic heterocycles. The Kier molecular flexibility index (Phi) is 4.35. The lowest BCUT2D eigenvalue weighted by Gasteiger charge is -2.11. The van der Waals surface area contributed by atoms with Gasteiger partial charge < -0.3 is 10.3 Å². The van der Waals surface area contributed by atoms with Crippen LogP contribution < -0.4 is 5.32 Å². The number of thiazole rings is 1. The van der Waals surface area contributed by atoms with Crippen LogP contribution in [0.15, 0.2) is 0 Å². The van der Waals surface area contributed by atoms with Gasteiger partial charge in [-0.1, -0.05) is 0 Å². The molecule has 0 unspecified atom stereocenters. The summed E-state index contributed by atoms with van der Waals surface area (Å²) in [4.78, 5) is 33.6. The van der Waals surface area contributed by atoms with E-state index < -0.39 is 0 Å². The third kappa shape index (κ3) is 3.08. The van der Waals surface area contributed by atoms with Gasteiger partial charge in [-0.15, -0.1) is 11.3 Å². The minimum Gasteiger partial charge on any atom is -0.361 e. The summed E-state index contributed by atoms with van der Waals surface area (Å²) in [7, 11) is 0. The van der Waals surface area contributed by atoms with Crippen LogP contribution in [0.2, 0.25) is 0 Å². The van der Waals surface area contributed by atoms with Gasteiger partial charge in [0.05, 0.1) is 21.8 Å². The minimum absolute atomic E-state index is 0.0759. The third-order valence-corrected chi connectivity index (χ3v) is 5.43. The van der Waals surface area contributed by atoms with Crippen molar-refractivity contribution in [2.75, 3.05) is 6.54 Å². The Bertz CT molecular complexity index is 754. The maximum Gasteiger partial charge on any atom is 0.253 e. The largest absolute Gasteiger partial charge is 0.361 e. The number of aromatic amines is 1. The van der Waals surface area contributed by atoms with Crippen molar-refractivity contribution in [1.82, 2.24) is 15.3 Å². The Hall–Kier alpha value is -1.95. The van der Waals surface area contributed by atoms with Crippen LogP contribution in [0.1, 0.15) is 60.5 Å². The van der Waals surface area contributed by atoms with E-state index >= 15 is 0 Å². The number of hydrogen-bond acceptors (Lipinski definition) is 4. The van der Waals surface area contributed by atoms with Gasteiger partial charge in [-0.3, -0.25) is 9.59 Å². The smallest absolute Gasteiger partial charge is 0.253 e. The normalized spacial score (nSPS) is 14.0. The summed E-state index contributed by atoms with van der Waals surface area (Å²) in [5.74, 6) is -0.0906. The van der Waals surface area contributed by atoms with Gasteiger partial charge in [-0.2, -0.15) is 0 Å². The lowest BCUT2D eigenvalue weighted by Crippen LogP contribution is -2.28. The Balaban J connectivity index is 1.69. The fourth-order valence-corrected chi connectivity index (χ4v) is 3.97. The van der Waals surface area contributed by atoms with Gasteiger partial charge >= 0.3 is 0 Å². The third-order valence-electron chi connectivity index (χ3n) is 4.30. The van der Waals surface area contributed by atoms with Crippen LogP contribution in [-0.4, -0.2) is 28.2 Å². The van der Waals surface area contributed by atoms with Gasteiger partial charge in [0, 0.05) is 35.7 Å². The number of H-pyrrole nitrogens is 1. The number of carbonyl (C=O) groups excluding carboxylic acids is 2. The van der Waals surface area contributed by atoms with E-state index in [0.29, 0.717) is 30.5 Å². The summed E-state index contributed by atoms with van der Waals surface area (Å²) < 4.78 is 0. The van der Waals surface area contributed by atoms with Crippen molar-refractivity contribution in [3.8, 4) is 0 Å². The predicted octanol–water partition coefficient (Wildman–Crippen LogP) is 2.89. The number of fused-ring (bicyclic) bond motifs is 1. The fraction of sp³-hybridized carbons (Fsp3) is 0.471. The van der Waals surface area contributed by atoms with Crippen molar-refractivity contribution in [3.63, 3.8) is 0 Å². The molecule has 1 amide bonds. The van der Waals surface area contributed by atoms with Gasteiger partial charge in [-0.05, 0) is 33.6 Å². The van der Waals surface area contributed by atoms with Crippen LogP contribution >= 0.6 is 11.3 Å². The molecule has 3 rings (SSSR count). The molecule has 1 aliphatic carbocycles. The van der Waals surface area contributed by atoms with Crippen molar-refractivity contribution in [2.45, 2.75) is 46.5 Å². The van der Waals surface area contributed by atoms with Crippen molar-refractivity contribution in [1.29, 1.82) is 0 Å². The second kappa shape index (κ2) is 6.28. The Labute approximate surface area is 139 Å². The van der Waals surface area contributed by atoms with E-state index in [4.69, 9.17) is 0 Å². The fourth-order valence-electron chi connectivity index (χ4n) is 3.04. The summed E-state index contributed by atoms with van der Waals surface area (Å²) in [6.07, 6.45) is 2.94. The van der Waals surface area contributed by atoms with E-state index in [1.165, 1.54) is 4.88 Å². The Morgan fingerprint density at radius 1 is 1.30 bits per heavy atom. The van der Waals surface area contributed by atoms with E-state index in [1.54, 1.807) is 11.3 Å². The average molecular weight is 331 g/mol. The van der Waals surface area contributed by atoms with Crippen LogP contribution in [0.4, 0.5) is 0 Å². The first-order valence-electron chi connectivity index (χ1n) is 7.93. The van der Waals surface area contributed by atoms with Gasteiger partial charge in [0.1, 0.15) is 0 Å².